The Morgan fingerprint density at radius 1 is 0.524 bits per heavy atom. The maximum absolute atomic E-state index is 5.79. The van der Waals surface area contributed by atoms with Gasteiger partial charge in [-0.2, -0.15) is 0 Å². The standard InChI is InChI=1S/CHB20/c2-13-14(17(3)4)1(15(18(5)6)19(7)8)16(20(9)10)21(11)12/h1H. The zero-order chi connectivity index (χ0) is 16.9. The molecule has 65 valence electrons. The van der Waals surface area contributed by atoms with Crippen LogP contribution in [0.1, 0.15) is 0 Å². The highest BCUT2D eigenvalue weighted by molar-refractivity contribution is 7.92. The molecule has 0 atom stereocenters. The van der Waals surface area contributed by atoms with E-state index in [4.69, 9.17) is 85.1 Å². The van der Waals surface area contributed by atoms with Crippen molar-refractivity contribution in [3.63, 3.8) is 0 Å². The highest BCUT2D eigenvalue weighted by Gasteiger charge is 2.43. The van der Waals surface area contributed by atoms with Gasteiger partial charge < -0.3 is 0 Å². The van der Waals surface area contributed by atoms with Gasteiger partial charge in [-0.25, -0.2) is 0 Å². The molecule has 0 aliphatic carbocycles. The zero-order valence-electron chi connectivity index (χ0n) is 12.1. The summed E-state index contributed by atoms with van der Waals surface area (Å²) in [5, 5.41) is 0. The van der Waals surface area contributed by atoms with Crippen molar-refractivity contribution in [3.05, 3.63) is 0 Å². The monoisotopic (exact) mass is 233 g/mol. The zero-order valence-corrected chi connectivity index (χ0v) is 12.1. The van der Waals surface area contributed by atoms with Gasteiger partial charge in [0, 0.05) is 144 Å². The van der Waals surface area contributed by atoms with Crippen molar-refractivity contribution in [2.75, 3.05) is 0 Å². The van der Waals surface area contributed by atoms with Crippen LogP contribution < -0.4 is 0 Å². The van der Waals surface area contributed by atoms with E-state index < -0.39 is 57.0 Å². The lowest BCUT2D eigenvalue weighted by atomic mass is 8.55. The van der Waals surface area contributed by atoms with E-state index in [-0.39, 0.29) is 0 Å². The van der Waals surface area contributed by atoms with Crippen LogP contribution in [0.5, 0.6) is 0 Å². The van der Waals surface area contributed by atoms with Gasteiger partial charge in [0.1, 0.15) is 0 Å². The molecule has 0 aliphatic rings. The Kier molecular flexibility index (Phi) is 10.9. The maximum atomic E-state index is 5.79. The Balaban J connectivity index is 5.83. The van der Waals surface area contributed by atoms with Gasteiger partial charge in [0.15, 0.2) is 0 Å². The third-order valence-electron chi connectivity index (χ3n) is 3.78. The van der Waals surface area contributed by atoms with Gasteiger partial charge in [0.25, 0.3) is 0 Å². The fourth-order valence-electron chi connectivity index (χ4n) is 2.82. The van der Waals surface area contributed by atoms with Crippen molar-refractivity contribution in [1.82, 2.24) is 0 Å². The summed E-state index contributed by atoms with van der Waals surface area (Å²) in [4.78, 5) is 0. The normalized spacial score (nSPS) is 9.57. The van der Waals surface area contributed by atoms with Crippen LogP contribution >= 0.6 is 0 Å². The molecule has 0 aliphatic heterocycles. The van der Waals surface area contributed by atoms with Crippen LogP contribution in [0.25, 0.3) is 0 Å². The molecule has 0 unspecified atom stereocenters. The Labute approximate surface area is 149 Å². The molecule has 0 fully saturated rings. The summed E-state index contributed by atoms with van der Waals surface area (Å²) >= 11 is 0. The van der Waals surface area contributed by atoms with E-state index in [0.717, 1.165) is 0 Å². The summed E-state index contributed by atoms with van der Waals surface area (Å²) in [5.74, 6) is 0. The quantitative estimate of drug-likeness (QED) is 0.345. The third kappa shape index (κ3) is 6.37. The van der Waals surface area contributed by atoms with Gasteiger partial charge in [-0.15, -0.1) is 5.62 Å². The van der Waals surface area contributed by atoms with Crippen LogP contribution in [0.3, 0.4) is 0 Å². The SMILES string of the molecule is [B][B]B(B([B])[B])C(B(B([B])[B])B([B])[B])B(B([B])[B])B([B])[B]. The molecule has 0 nitrogen and oxygen atoms in total. The van der Waals surface area contributed by atoms with Gasteiger partial charge in [-0.3, -0.25) is 0 Å². The van der Waals surface area contributed by atoms with Crippen LogP contribution in [-0.4, -0.2) is 144 Å². The van der Waals surface area contributed by atoms with E-state index in [1.54, 1.807) is 0 Å². The van der Waals surface area contributed by atoms with E-state index in [9.17, 15) is 0 Å². The molecule has 0 rings (SSSR count). The van der Waals surface area contributed by atoms with E-state index >= 15 is 0 Å². The summed E-state index contributed by atoms with van der Waals surface area (Å²) in [7, 11) is 64.8. The molecule has 20 heteroatoms. The van der Waals surface area contributed by atoms with Crippen LogP contribution in [0.4, 0.5) is 0 Å². The Morgan fingerprint density at radius 3 is 0.952 bits per heavy atom. The first-order valence-corrected chi connectivity index (χ1v) is 6.67. The van der Waals surface area contributed by atoms with Crippen LogP contribution in [0, 0.1) is 0 Å². The van der Waals surface area contributed by atoms with Crippen molar-refractivity contribution >= 4 is 144 Å². The fourth-order valence-corrected chi connectivity index (χ4v) is 2.82. The van der Waals surface area contributed by atoms with Crippen molar-refractivity contribution < 1.29 is 0 Å². The molecule has 0 aromatic rings. The minimum Gasteiger partial charge on any atom is -0.146 e. The molecule has 0 N–H and O–H groups in total. The number of hydrogen-bond acceptors (Lipinski definition) is 0. The third-order valence-corrected chi connectivity index (χ3v) is 3.78. The second kappa shape index (κ2) is 10.2. The number of rotatable bonds is 9. The molecule has 0 bridgehead atoms. The predicted molar refractivity (Wildman–Crippen MR) is 119 cm³/mol. The summed E-state index contributed by atoms with van der Waals surface area (Å²) < 4.78 is 0. The van der Waals surface area contributed by atoms with Gasteiger partial charge in [-0.1, -0.05) is 0 Å². The molecule has 0 spiro atoms. The molecule has 0 heterocycles. The van der Waals surface area contributed by atoms with Crippen molar-refractivity contribution in [1.29, 1.82) is 0 Å². The van der Waals surface area contributed by atoms with E-state index in [2.05, 4.69) is 0 Å². The first-order chi connectivity index (χ1) is 9.56. The lowest BCUT2D eigenvalue weighted by molar-refractivity contribution is 1.80. The summed E-state index contributed by atoms with van der Waals surface area (Å²) in [5.41, 5.74) is -0.574. The Bertz CT molecular complexity index is 229. The van der Waals surface area contributed by atoms with Gasteiger partial charge >= 0.3 is 0 Å². The molecule has 0 saturated carbocycles. The first kappa shape index (κ1) is 22.3. The van der Waals surface area contributed by atoms with Gasteiger partial charge in [0.2, 0.25) is 0 Å². The van der Waals surface area contributed by atoms with E-state index in [1.165, 1.54) is 7.06 Å². The molecule has 0 aromatic carbocycles. The molecule has 0 saturated heterocycles. The van der Waals surface area contributed by atoms with Crippen molar-refractivity contribution in [2.24, 2.45) is 0 Å². The largest absolute Gasteiger partial charge is 0.146 e. The smallest absolute Gasteiger partial charge is 0.0294 e. The molecule has 21 heavy (non-hydrogen) atoms. The highest BCUT2D eigenvalue weighted by atomic mass is 13.6. The van der Waals surface area contributed by atoms with Crippen LogP contribution in [0.2, 0.25) is 5.62 Å². The van der Waals surface area contributed by atoms with Crippen LogP contribution in [-0.2, 0) is 0 Å². The average Bonchev–Trinajstić information content (AvgIpc) is 2.26. The van der Waals surface area contributed by atoms with Gasteiger partial charge in [-0.05, 0) is 0 Å². The highest BCUT2D eigenvalue weighted by Crippen LogP contribution is 2.21. The predicted octanol–water partition coefficient (Wildman–Crippen LogP) is -7.28. The Morgan fingerprint density at radius 2 is 0.810 bits per heavy atom. The molecular weight excluding hydrogens is 228 g/mol. The fraction of sp³-hybridized carbons (Fsp3) is 1.00. The summed E-state index contributed by atoms with van der Waals surface area (Å²) in [6.45, 7) is -1.86. The van der Waals surface area contributed by atoms with Crippen LogP contribution in [0.15, 0.2) is 0 Å². The topological polar surface area (TPSA) is 0 Å². The maximum Gasteiger partial charge on any atom is 0.0294 e. The first-order valence-electron chi connectivity index (χ1n) is 6.67. The van der Waals surface area contributed by atoms with E-state index in [0.29, 0.717) is 0 Å². The second-order valence-corrected chi connectivity index (χ2v) is 5.39. The second-order valence-electron chi connectivity index (χ2n) is 5.39. The van der Waals surface area contributed by atoms with E-state index in [1.807, 2.05) is 0 Å². The van der Waals surface area contributed by atoms with Crippen molar-refractivity contribution in [2.45, 2.75) is 5.62 Å². The lowest BCUT2D eigenvalue weighted by Gasteiger charge is -2.45. The molecule has 23 radical (unpaired) electrons. The molecule has 0 amide bonds. The minimum atomic E-state index is -0.879. The Hall–Kier alpha value is 1.30. The van der Waals surface area contributed by atoms with Gasteiger partial charge in [0.05, 0.1) is 0 Å². The van der Waals surface area contributed by atoms with Crippen molar-refractivity contribution in [3.8, 4) is 0 Å². The molecule has 0 aromatic heterocycles. The summed E-state index contributed by atoms with van der Waals surface area (Å²) in [6.07, 6.45) is -4.35. The lowest BCUT2D eigenvalue weighted by Crippen LogP contribution is -2.71. The molecular formula is CHB20. The minimum absolute atomic E-state index is 0.574. The number of hydrogen-bond donors (Lipinski definition) is 0. The summed E-state index contributed by atoms with van der Waals surface area (Å²) in [6, 6.07) is 0. The average molecular weight is 229 g/mol.